The number of carbonyl (C=O) groups is 2. The molecule has 1 aliphatic rings. The zero-order valence-electron chi connectivity index (χ0n) is 16.3. The molecule has 1 saturated heterocycles. The molecule has 9 heteroatoms. The molecule has 1 aliphatic heterocycles. The fourth-order valence-electron chi connectivity index (χ4n) is 2.87. The number of benzene rings is 1. The minimum absolute atomic E-state index is 0.122. The molecule has 0 saturated carbocycles. The number of nitrogens with one attached hydrogen (secondary N) is 1. The molecule has 1 aromatic carbocycles. The van der Waals surface area contributed by atoms with Crippen LogP contribution in [-0.4, -0.2) is 58.8 Å². The van der Waals surface area contributed by atoms with Crippen LogP contribution in [0.25, 0.3) is 0 Å². The molecule has 8 nitrogen and oxygen atoms in total. The molecule has 1 N–H and O–H groups in total. The van der Waals surface area contributed by atoms with Crippen molar-refractivity contribution in [2.24, 2.45) is 0 Å². The predicted molar refractivity (Wildman–Crippen MR) is 109 cm³/mol. The van der Waals surface area contributed by atoms with Gasteiger partial charge < -0.3 is 19.5 Å². The summed E-state index contributed by atoms with van der Waals surface area (Å²) in [5.74, 6) is 0.935. The maximum absolute atomic E-state index is 12.1. The molecule has 0 radical (unpaired) electrons. The van der Waals surface area contributed by atoms with Crippen LogP contribution < -0.4 is 10.2 Å². The van der Waals surface area contributed by atoms with Gasteiger partial charge in [-0.15, -0.1) is 10.2 Å². The lowest BCUT2D eigenvalue weighted by molar-refractivity contribution is -0.129. The van der Waals surface area contributed by atoms with Crippen molar-refractivity contribution in [1.82, 2.24) is 15.1 Å². The first kappa shape index (κ1) is 20.2. The van der Waals surface area contributed by atoms with E-state index in [1.165, 1.54) is 11.8 Å². The summed E-state index contributed by atoms with van der Waals surface area (Å²) in [6, 6.07) is 7.75. The van der Waals surface area contributed by atoms with Crippen LogP contribution in [0.2, 0.25) is 0 Å². The van der Waals surface area contributed by atoms with E-state index in [0.717, 1.165) is 37.6 Å². The van der Waals surface area contributed by atoms with Gasteiger partial charge in [0.25, 0.3) is 5.22 Å². The van der Waals surface area contributed by atoms with Gasteiger partial charge in [0.2, 0.25) is 17.7 Å². The van der Waals surface area contributed by atoms with Crippen molar-refractivity contribution >= 4 is 35.0 Å². The van der Waals surface area contributed by atoms with Crippen LogP contribution in [0.4, 0.5) is 11.4 Å². The van der Waals surface area contributed by atoms with Crippen molar-refractivity contribution in [2.45, 2.75) is 31.9 Å². The van der Waals surface area contributed by atoms with Gasteiger partial charge in [-0.05, 0) is 24.3 Å². The Morgan fingerprint density at radius 2 is 1.82 bits per heavy atom. The number of carbonyl (C=O) groups excluding carboxylic acids is 2. The van der Waals surface area contributed by atoms with E-state index in [0.29, 0.717) is 11.1 Å². The van der Waals surface area contributed by atoms with E-state index in [9.17, 15) is 9.59 Å². The standard InChI is InChI=1S/C19H25N5O3S/c1-13(2)18-21-22-19(27-18)28-12-17(26)20-15-4-6-16(7-5-15)24-10-8-23(9-11-24)14(3)25/h4-7,13H,8-12H2,1-3H3,(H,20,26). The average molecular weight is 404 g/mol. The lowest BCUT2D eigenvalue weighted by atomic mass is 10.2. The Kier molecular flexibility index (Phi) is 6.56. The van der Waals surface area contributed by atoms with Crippen LogP contribution in [0.3, 0.4) is 0 Å². The number of amides is 2. The summed E-state index contributed by atoms with van der Waals surface area (Å²) in [6.07, 6.45) is 0. The number of anilines is 2. The number of aromatic nitrogens is 2. The average Bonchev–Trinajstić information content (AvgIpc) is 3.16. The van der Waals surface area contributed by atoms with E-state index in [-0.39, 0.29) is 23.5 Å². The van der Waals surface area contributed by atoms with E-state index in [1.54, 1.807) is 6.92 Å². The Bertz CT molecular complexity index is 813. The van der Waals surface area contributed by atoms with Crippen LogP contribution in [0.15, 0.2) is 33.9 Å². The fourth-order valence-corrected chi connectivity index (χ4v) is 3.44. The van der Waals surface area contributed by atoms with Gasteiger partial charge in [0.1, 0.15) is 0 Å². The zero-order chi connectivity index (χ0) is 20.1. The summed E-state index contributed by atoms with van der Waals surface area (Å²) in [5.41, 5.74) is 1.83. The first-order valence-electron chi connectivity index (χ1n) is 9.29. The highest BCUT2D eigenvalue weighted by Crippen LogP contribution is 2.22. The lowest BCUT2D eigenvalue weighted by Crippen LogP contribution is -2.48. The zero-order valence-corrected chi connectivity index (χ0v) is 17.2. The third kappa shape index (κ3) is 5.25. The summed E-state index contributed by atoms with van der Waals surface area (Å²) in [7, 11) is 0. The molecule has 2 amide bonds. The Labute approximate surface area is 168 Å². The summed E-state index contributed by atoms with van der Waals surface area (Å²) in [6.45, 7) is 8.64. The second-order valence-corrected chi connectivity index (χ2v) is 7.86. The van der Waals surface area contributed by atoms with Gasteiger partial charge in [0.15, 0.2) is 0 Å². The quantitative estimate of drug-likeness (QED) is 0.741. The number of nitrogens with zero attached hydrogens (tertiary/aromatic N) is 4. The molecule has 1 aromatic heterocycles. The Morgan fingerprint density at radius 1 is 1.14 bits per heavy atom. The van der Waals surface area contributed by atoms with Crippen LogP contribution in [0, 0.1) is 0 Å². The van der Waals surface area contributed by atoms with Gasteiger partial charge in [0.05, 0.1) is 5.75 Å². The Balaban J connectivity index is 1.47. The van der Waals surface area contributed by atoms with Crippen molar-refractivity contribution in [3.05, 3.63) is 30.2 Å². The molecular formula is C19H25N5O3S. The molecule has 0 spiro atoms. The third-order valence-electron chi connectivity index (χ3n) is 4.48. The number of hydrogen-bond acceptors (Lipinski definition) is 7. The maximum atomic E-state index is 12.1. The second kappa shape index (κ2) is 9.09. The fraction of sp³-hybridized carbons (Fsp3) is 0.474. The second-order valence-electron chi connectivity index (χ2n) is 6.94. The summed E-state index contributed by atoms with van der Waals surface area (Å²) >= 11 is 1.22. The SMILES string of the molecule is CC(=O)N1CCN(c2ccc(NC(=O)CSc3nnc(C(C)C)o3)cc2)CC1. The highest BCUT2D eigenvalue weighted by molar-refractivity contribution is 7.99. The van der Waals surface area contributed by atoms with Crippen LogP contribution in [-0.2, 0) is 9.59 Å². The molecule has 0 aliphatic carbocycles. The van der Waals surface area contributed by atoms with Crippen molar-refractivity contribution in [3.63, 3.8) is 0 Å². The molecule has 2 aromatic rings. The Hall–Kier alpha value is -2.55. The molecule has 3 rings (SSSR count). The maximum Gasteiger partial charge on any atom is 0.277 e. The number of rotatable bonds is 6. The largest absolute Gasteiger partial charge is 0.416 e. The van der Waals surface area contributed by atoms with Crippen molar-refractivity contribution < 1.29 is 14.0 Å². The third-order valence-corrected chi connectivity index (χ3v) is 5.30. The number of piperazine rings is 1. The van der Waals surface area contributed by atoms with Gasteiger partial charge in [-0.3, -0.25) is 9.59 Å². The smallest absolute Gasteiger partial charge is 0.277 e. The first-order chi connectivity index (χ1) is 13.4. The van der Waals surface area contributed by atoms with E-state index < -0.39 is 0 Å². The van der Waals surface area contributed by atoms with Crippen LogP contribution >= 0.6 is 11.8 Å². The minimum Gasteiger partial charge on any atom is -0.416 e. The number of hydrogen-bond donors (Lipinski definition) is 1. The first-order valence-corrected chi connectivity index (χ1v) is 10.3. The highest BCUT2D eigenvalue weighted by atomic mass is 32.2. The minimum atomic E-state index is -0.128. The molecule has 2 heterocycles. The topological polar surface area (TPSA) is 91.6 Å². The predicted octanol–water partition coefficient (Wildman–Crippen LogP) is 2.59. The molecule has 150 valence electrons. The summed E-state index contributed by atoms with van der Waals surface area (Å²) in [5, 5.41) is 11.2. The molecule has 0 atom stereocenters. The lowest BCUT2D eigenvalue weighted by Gasteiger charge is -2.35. The molecule has 1 fully saturated rings. The molecule has 28 heavy (non-hydrogen) atoms. The molecule has 0 unspecified atom stereocenters. The molecular weight excluding hydrogens is 378 g/mol. The molecule has 0 bridgehead atoms. The summed E-state index contributed by atoms with van der Waals surface area (Å²) < 4.78 is 5.48. The van der Waals surface area contributed by atoms with E-state index in [1.807, 2.05) is 43.0 Å². The number of thioether (sulfide) groups is 1. The van der Waals surface area contributed by atoms with Gasteiger partial charge in [0, 0.05) is 50.4 Å². The van der Waals surface area contributed by atoms with E-state index >= 15 is 0 Å². The van der Waals surface area contributed by atoms with Gasteiger partial charge in [-0.25, -0.2) is 0 Å². The van der Waals surface area contributed by atoms with Crippen molar-refractivity contribution in [3.8, 4) is 0 Å². The van der Waals surface area contributed by atoms with Crippen molar-refractivity contribution in [1.29, 1.82) is 0 Å². The van der Waals surface area contributed by atoms with Crippen LogP contribution in [0.5, 0.6) is 0 Å². The van der Waals surface area contributed by atoms with E-state index in [4.69, 9.17) is 4.42 Å². The summed E-state index contributed by atoms with van der Waals surface area (Å²) in [4.78, 5) is 27.7. The van der Waals surface area contributed by atoms with Gasteiger partial charge in [-0.2, -0.15) is 0 Å². The van der Waals surface area contributed by atoms with Crippen LogP contribution in [0.1, 0.15) is 32.6 Å². The van der Waals surface area contributed by atoms with E-state index in [2.05, 4.69) is 20.4 Å². The van der Waals surface area contributed by atoms with Crippen molar-refractivity contribution in [2.75, 3.05) is 42.1 Å². The normalized spacial score (nSPS) is 14.4. The monoisotopic (exact) mass is 403 g/mol. The van der Waals surface area contributed by atoms with Gasteiger partial charge in [-0.1, -0.05) is 25.6 Å². The van der Waals surface area contributed by atoms with Gasteiger partial charge >= 0.3 is 0 Å². The highest BCUT2D eigenvalue weighted by Gasteiger charge is 2.18. The Morgan fingerprint density at radius 3 is 2.39 bits per heavy atom.